The summed E-state index contributed by atoms with van der Waals surface area (Å²) in [4.78, 5) is 6.84. The predicted octanol–water partition coefficient (Wildman–Crippen LogP) is 3.03. The summed E-state index contributed by atoms with van der Waals surface area (Å²) in [5.74, 6) is 1.38. The van der Waals surface area contributed by atoms with E-state index in [4.69, 9.17) is 10.7 Å². The molecule has 0 amide bonds. The molecule has 3 rings (SSSR count). The Labute approximate surface area is 114 Å². The molecule has 0 aromatic carbocycles. The standard InChI is InChI=1S/C15H22N4/c1-18(2)12-8-9-13-17-14(15(16)19(13)10-12)11-6-4-3-5-7-11/h8-11H,3-7,16H2,1-2H3. The summed E-state index contributed by atoms with van der Waals surface area (Å²) in [6.07, 6.45) is 8.50. The van der Waals surface area contributed by atoms with Crippen molar-refractivity contribution in [1.29, 1.82) is 0 Å². The number of fused-ring (bicyclic) bond motifs is 1. The largest absolute Gasteiger partial charge is 0.383 e. The van der Waals surface area contributed by atoms with Crippen LogP contribution in [0.25, 0.3) is 5.65 Å². The lowest BCUT2D eigenvalue weighted by molar-refractivity contribution is 0.439. The lowest BCUT2D eigenvalue weighted by Crippen LogP contribution is -2.10. The summed E-state index contributed by atoms with van der Waals surface area (Å²) >= 11 is 0. The number of nitrogens with two attached hydrogens (primary N) is 1. The summed E-state index contributed by atoms with van der Waals surface area (Å²) in [5.41, 5.74) is 9.53. The van der Waals surface area contributed by atoms with Crippen molar-refractivity contribution < 1.29 is 0 Å². The topological polar surface area (TPSA) is 46.6 Å². The number of imidazole rings is 1. The van der Waals surface area contributed by atoms with Gasteiger partial charge in [-0.3, -0.25) is 4.40 Å². The van der Waals surface area contributed by atoms with Gasteiger partial charge in [0.25, 0.3) is 0 Å². The predicted molar refractivity (Wildman–Crippen MR) is 79.8 cm³/mol. The number of rotatable bonds is 2. The Morgan fingerprint density at radius 2 is 1.95 bits per heavy atom. The fourth-order valence-corrected chi connectivity index (χ4v) is 3.01. The minimum absolute atomic E-state index is 0.552. The molecule has 2 aromatic rings. The minimum Gasteiger partial charge on any atom is -0.383 e. The highest BCUT2D eigenvalue weighted by Crippen LogP contribution is 2.35. The summed E-state index contributed by atoms with van der Waals surface area (Å²) in [7, 11) is 4.08. The van der Waals surface area contributed by atoms with Crippen LogP contribution >= 0.6 is 0 Å². The Kier molecular flexibility index (Phi) is 3.09. The van der Waals surface area contributed by atoms with Crippen molar-refractivity contribution in [2.45, 2.75) is 38.0 Å². The van der Waals surface area contributed by atoms with Crippen LogP contribution in [0.15, 0.2) is 18.3 Å². The van der Waals surface area contributed by atoms with E-state index in [1.807, 2.05) is 18.5 Å². The number of hydrogen-bond donors (Lipinski definition) is 1. The average Bonchev–Trinajstić information content (AvgIpc) is 2.77. The highest BCUT2D eigenvalue weighted by Gasteiger charge is 2.22. The lowest BCUT2D eigenvalue weighted by Gasteiger charge is -2.20. The maximum atomic E-state index is 6.32. The Balaban J connectivity index is 2.04. The Hall–Kier alpha value is -1.71. The molecule has 4 nitrogen and oxygen atoms in total. The smallest absolute Gasteiger partial charge is 0.138 e. The van der Waals surface area contributed by atoms with Crippen molar-refractivity contribution >= 4 is 17.2 Å². The molecular weight excluding hydrogens is 236 g/mol. The normalized spacial score (nSPS) is 16.9. The van der Waals surface area contributed by atoms with E-state index < -0.39 is 0 Å². The molecule has 0 atom stereocenters. The molecule has 4 heteroatoms. The quantitative estimate of drug-likeness (QED) is 0.900. The third-order valence-electron chi connectivity index (χ3n) is 4.18. The average molecular weight is 258 g/mol. The molecule has 0 aliphatic heterocycles. The summed E-state index contributed by atoms with van der Waals surface area (Å²) < 4.78 is 2.03. The van der Waals surface area contributed by atoms with Crippen LogP contribution in [-0.4, -0.2) is 23.5 Å². The second-order valence-corrected chi connectivity index (χ2v) is 5.73. The van der Waals surface area contributed by atoms with Gasteiger partial charge in [-0.15, -0.1) is 0 Å². The SMILES string of the molecule is CN(C)c1ccc2nc(C3CCCCC3)c(N)n2c1. The van der Waals surface area contributed by atoms with Crippen molar-refractivity contribution in [2.24, 2.45) is 0 Å². The molecule has 1 saturated carbocycles. The molecule has 0 radical (unpaired) electrons. The number of nitrogen functional groups attached to an aromatic ring is 1. The lowest BCUT2D eigenvalue weighted by atomic mass is 9.87. The van der Waals surface area contributed by atoms with Gasteiger partial charge in [-0.05, 0) is 25.0 Å². The second-order valence-electron chi connectivity index (χ2n) is 5.73. The van der Waals surface area contributed by atoms with Crippen LogP contribution in [0, 0.1) is 0 Å². The maximum Gasteiger partial charge on any atom is 0.138 e. The van der Waals surface area contributed by atoms with E-state index in [9.17, 15) is 0 Å². The molecule has 2 N–H and O–H groups in total. The van der Waals surface area contributed by atoms with Crippen LogP contribution in [-0.2, 0) is 0 Å². The Bertz CT molecular complexity index is 579. The summed E-state index contributed by atoms with van der Waals surface area (Å²) in [6.45, 7) is 0. The molecule has 1 aliphatic carbocycles. The molecule has 1 fully saturated rings. The van der Waals surface area contributed by atoms with E-state index in [-0.39, 0.29) is 0 Å². The van der Waals surface area contributed by atoms with Crippen molar-refractivity contribution in [2.75, 3.05) is 24.7 Å². The van der Waals surface area contributed by atoms with E-state index in [1.165, 1.54) is 32.1 Å². The zero-order valence-corrected chi connectivity index (χ0v) is 11.8. The minimum atomic E-state index is 0.552. The first-order valence-corrected chi connectivity index (χ1v) is 7.11. The first kappa shape index (κ1) is 12.3. The van der Waals surface area contributed by atoms with Crippen molar-refractivity contribution in [3.8, 4) is 0 Å². The number of pyridine rings is 1. The van der Waals surface area contributed by atoms with Crippen molar-refractivity contribution in [3.05, 3.63) is 24.0 Å². The van der Waals surface area contributed by atoms with Gasteiger partial charge >= 0.3 is 0 Å². The van der Waals surface area contributed by atoms with Crippen molar-refractivity contribution in [1.82, 2.24) is 9.38 Å². The molecule has 19 heavy (non-hydrogen) atoms. The van der Waals surface area contributed by atoms with Crippen LogP contribution in [0.2, 0.25) is 0 Å². The van der Waals surface area contributed by atoms with Gasteiger partial charge in [0.2, 0.25) is 0 Å². The number of nitrogens with zero attached hydrogens (tertiary/aromatic N) is 3. The summed E-state index contributed by atoms with van der Waals surface area (Å²) in [5, 5.41) is 0. The van der Waals surface area contributed by atoms with Gasteiger partial charge in [0.05, 0.1) is 11.4 Å². The van der Waals surface area contributed by atoms with Crippen LogP contribution < -0.4 is 10.6 Å². The molecule has 2 heterocycles. The molecule has 0 saturated heterocycles. The van der Waals surface area contributed by atoms with Gasteiger partial charge in [-0.1, -0.05) is 19.3 Å². The molecule has 0 unspecified atom stereocenters. The van der Waals surface area contributed by atoms with E-state index in [2.05, 4.69) is 23.2 Å². The van der Waals surface area contributed by atoms with E-state index in [0.29, 0.717) is 5.92 Å². The first-order chi connectivity index (χ1) is 9.16. The van der Waals surface area contributed by atoms with E-state index in [0.717, 1.165) is 22.8 Å². The zero-order chi connectivity index (χ0) is 13.4. The Morgan fingerprint density at radius 3 is 2.63 bits per heavy atom. The van der Waals surface area contributed by atoms with Gasteiger partial charge in [0, 0.05) is 26.2 Å². The van der Waals surface area contributed by atoms with Gasteiger partial charge in [-0.25, -0.2) is 4.98 Å². The number of anilines is 2. The molecule has 2 aromatic heterocycles. The summed E-state index contributed by atoms with van der Waals surface area (Å²) in [6, 6.07) is 4.14. The number of hydrogen-bond acceptors (Lipinski definition) is 3. The molecule has 102 valence electrons. The van der Waals surface area contributed by atoms with E-state index >= 15 is 0 Å². The highest BCUT2D eigenvalue weighted by atomic mass is 15.1. The zero-order valence-electron chi connectivity index (χ0n) is 11.8. The van der Waals surface area contributed by atoms with Gasteiger partial charge in [-0.2, -0.15) is 0 Å². The Morgan fingerprint density at radius 1 is 1.21 bits per heavy atom. The first-order valence-electron chi connectivity index (χ1n) is 7.11. The third kappa shape index (κ3) is 2.15. The highest BCUT2D eigenvalue weighted by molar-refractivity contribution is 5.59. The van der Waals surface area contributed by atoms with Crippen LogP contribution in [0.5, 0.6) is 0 Å². The van der Waals surface area contributed by atoms with Gasteiger partial charge < -0.3 is 10.6 Å². The maximum absolute atomic E-state index is 6.32. The van der Waals surface area contributed by atoms with Crippen molar-refractivity contribution in [3.63, 3.8) is 0 Å². The third-order valence-corrected chi connectivity index (χ3v) is 4.18. The van der Waals surface area contributed by atoms with Gasteiger partial charge in [0.15, 0.2) is 0 Å². The van der Waals surface area contributed by atoms with Gasteiger partial charge in [0.1, 0.15) is 11.5 Å². The fraction of sp³-hybridized carbons (Fsp3) is 0.533. The second kappa shape index (κ2) is 4.76. The molecule has 0 bridgehead atoms. The molecule has 0 spiro atoms. The van der Waals surface area contributed by atoms with Crippen LogP contribution in [0.1, 0.15) is 43.7 Å². The van der Waals surface area contributed by atoms with Crippen LogP contribution in [0.4, 0.5) is 11.5 Å². The van der Waals surface area contributed by atoms with E-state index in [1.54, 1.807) is 0 Å². The fourth-order valence-electron chi connectivity index (χ4n) is 3.01. The van der Waals surface area contributed by atoms with Crippen LogP contribution in [0.3, 0.4) is 0 Å². The molecular formula is C15H22N4. The monoisotopic (exact) mass is 258 g/mol. The molecule has 1 aliphatic rings. The number of aromatic nitrogens is 2.